The quantitative estimate of drug-likeness (QED) is 0.290. The fourth-order valence-corrected chi connectivity index (χ4v) is 5.05. The maximum absolute atomic E-state index is 11.5. The maximum atomic E-state index is 11.5. The third-order valence-corrected chi connectivity index (χ3v) is 6.80. The van der Waals surface area contributed by atoms with Crippen LogP contribution in [0.1, 0.15) is 59.7 Å². The second kappa shape index (κ2) is 9.53. The van der Waals surface area contributed by atoms with E-state index in [9.17, 15) is 4.79 Å². The lowest BCUT2D eigenvalue weighted by atomic mass is 9.96. The fourth-order valence-electron chi connectivity index (χ4n) is 5.05. The number of carbonyl (C=O) groups is 1. The van der Waals surface area contributed by atoms with Crippen LogP contribution in [0.4, 0.5) is 0 Å². The van der Waals surface area contributed by atoms with Crippen LogP contribution in [-0.4, -0.2) is 22.5 Å². The van der Waals surface area contributed by atoms with E-state index in [1.54, 1.807) is 6.92 Å². The van der Waals surface area contributed by atoms with Crippen molar-refractivity contribution < 1.29 is 18.5 Å². The number of ketones is 1. The Hall–Kier alpha value is -3.67. The lowest BCUT2D eigenvalue weighted by Crippen LogP contribution is -2.04. The number of fused-ring (bicyclic) bond motifs is 1. The largest absolute Gasteiger partial charge is 0.493 e. The molecule has 0 bridgehead atoms. The average molecular weight is 471 g/mol. The molecule has 5 rings (SSSR count). The highest BCUT2D eigenvalue weighted by molar-refractivity contribution is 5.76. The molecule has 0 aliphatic heterocycles. The maximum Gasteiger partial charge on any atom is 0.226 e. The molecule has 180 valence electrons. The van der Waals surface area contributed by atoms with Crippen LogP contribution in [-0.2, 0) is 17.6 Å². The molecule has 0 unspecified atom stereocenters. The zero-order valence-electron chi connectivity index (χ0n) is 20.7. The van der Waals surface area contributed by atoms with Crippen molar-refractivity contribution in [1.82, 2.24) is 10.1 Å². The lowest BCUT2D eigenvalue weighted by molar-refractivity contribution is -0.117. The molecule has 1 aliphatic rings. The summed E-state index contributed by atoms with van der Waals surface area (Å²) in [6, 6.07) is 14.4. The smallest absolute Gasteiger partial charge is 0.226 e. The topological polar surface area (TPSA) is 78.4 Å². The molecule has 2 heterocycles. The second-order valence-corrected chi connectivity index (χ2v) is 9.40. The van der Waals surface area contributed by atoms with Crippen LogP contribution in [0.3, 0.4) is 0 Å². The van der Waals surface area contributed by atoms with Crippen LogP contribution in [0, 0.1) is 20.8 Å². The van der Waals surface area contributed by atoms with Crippen LogP contribution in [0.2, 0.25) is 0 Å². The predicted molar refractivity (Wildman–Crippen MR) is 134 cm³/mol. The van der Waals surface area contributed by atoms with E-state index in [0.29, 0.717) is 31.3 Å². The number of benzene rings is 2. The van der Waals surface area contributed by atoms with Crippen molar-refractivity contribution in [2.24, 2.45) is 0 Å². The van der Waals surface area contributed by atoms with Crippen molar-refractivity contribution in [2.75, 3.05) is 6.61 Å². The molecule has 35 heavy (non-hydrogen) atoms. The van der Waals surface area contributed by atoms with E-state index in [1.165, 1.54) is 11.1 Å². The third-order valence-electron chi connectivity index (χ3n) is 6.80. The Morgan fingerprint density at radius 3 is 2.54 bits per heavy atom. The predicted octanol–water partition coefficient (Wildman–Crippen LogP) is 6.55. The van der Waals surface area contributed by atoms with Gasteiger partial charge in [0.2, 0.25) is 5.89 Å². The van der Waals surface area contributed by atoms with E-state index in [4.69, 9.17) is 18.7 Å². The highest BCUT2D eigenvalue weighted by Crippen LogP contribution is 2.37. The number of oxazole rings is 1. The SMILES string of the molecule is CC(=O)C[C@@H]1CCc2cc(OCCc3nc(-c4ccc(-c5c(C)noc5C)cc4)oc3C)ccc21. The van der Waals surface area contributed by atoms with Gasteiger partial charge in [-0.05, 0) is 87.4 Å². The Bertz CT molecular complexity index is 1340. The molecule has 4 aromatic rings. The first-order valence-corrected chi connectivity index (χ1v) is 12.1. The van der Waals surface area contributed by atoms with E-state index in [-0.39, 0.29) is 5.78 Å². The summed E-state index contributed by atoms with van der Waals surface area (Å²) in [5, 5.41) is 4.04. The minimum atomic E-state index is 0.252. The third kappa shape index (κ3) is 4.78. The first-order valence-electron chi connectivity index (χ1n) is 12.1. The summed E-state index contributed by atoms with van der Waals surface area (Å²) in [7, 11) is 0. The highest BCUT2D eigenvalue weighted by Gasteiger charge is 2.24. The molecule has 0 radical (unpaired) electrons. The molecule has 0 N–H and O–H groups in total. The van der Waals surface area contributed by atoms with Crippen molar-refractivity contribution in [3.8, 4) is 28.3 Å². The van der Waals surface area contributed by atoms with Gasteiger partial charge >= 0.3 is 0 Å². The zero-order chi connectivity index (χ0) is 24.5. The van der Waals surface area contributed by atoms with Crippen LogP contribution >= 0.6 is 0 Å². The molecule has 2 aromatic carbocycles. The fraction of sp³-hybridized carbons (Fsp3) is 0.345. The number of aryl methyl sites for hydroxylation is 4. The summed E-state index contributed by atoms with van der Waals surface area (Å²) >= 11 is 0. The molecule has 2 aromatic heterocycles. The van der Waals surface area contributed by atoms with Gasteiger partial charge in [0.05, 0.1) is 18.0 Å². The molecule has 0 amide bonds. The minimum Gasteiger partial charge on any atom is -0.493 e. The summed E-state index contributed by atoms with van der Waals surface area (Å²) in [5.74, 6) is 3.69. The Morgan fingerprint density at radius 2 is 1.83 bits per heavy atom. The number of aromatic nitrogens is 2. The molecule has 0 saturated heterocycles. The molecule has 0 fully saturated rings. The minimum absolute atomic E-state index is 0.252. The van der Waals surface area contributed by atoms with E-state index in [1.807, 2.05) is 51.1 Å². The van der Waals surface area contributed by atoms with E-state index in [0.717, 1.165) is 58.2 Å². The van der Waals surface area contributed by atoms with Gasteiger partial charge in [-0.15, -0.1) is 0 Å². The van der Waals surface area contributed by atoms with Gasteiger partial charge in [0, 0.05) is 24.0 Å². The highest BCUT2D eigenvalue weighted by atomic mass is 16.5. The van der Waals surface area contributed by atoms with Gasteiger partial charge in [-0.1, -0.05) is 23.4 Å². The summed E-state index contributed by atoms with van der Waals surface area (Å²) in [6.45, 7) is 7.99. The van der Waals surface area contributed by atoms with Crippen LogP contribution in [0.25, 0.3) is 22.6 Å². The summed E-state index contributed by atoms with van der Waals surface area (Å²) in [4.78, 5) is 16.2. The molecule has 6 nitrogen and oxygen atoms in total. The van der Waals surface area contributed by atoms with E-state index in [2.05, 4.69) is 17.3 Å². The Balaban J connectivity index is 1.22. The zero-order valence-corrected chi connectivity index (χ0v) is 20.7. The van der Waals surface area contributed by atoms with E-state index >= 15 is 0 Å². The van der Waals surface area contributed by atoms with Crippen molar-refractivity contribution in [1.29, 1.82) is 0 Å². The van der Waals surface area contributed by atoms with Crippen molar-refractivity contribution >= 4 is 5.78 Å². The van der Waals surface area contributed by atoms with Gasteiger partial charge in [-0.25, -0.2) is 4.98 Å². The normalized spacial score (nSPS) is 14.8. The van der Waals surface area contributed by atoms with Crippen LogP contribution in [0.5, 0.6) is 5.75 Å². The van der Waals surface area contributed by atoms with Gasteiger partial charge in [-0.2, -0.15) is 0 Å². The van der Waals surface area contributed by atoms with Gasteiger partial charge in [0.15, 0.2) is 0 Å². The Morgan fingerprint density at radius 1 is 1.06 bits per heavy atom. The first-order chi connectivity index (χ1) is 16.9. The first kappa shape index (κ1) is 23.1. The number of hydrogen-bond donors (Lipinski definition) is 0. The number of Topliss-reactive ketones (excluding diaryl/α,β-unsaturated/α-hetero) is 1. The standard InChI is InChI=1S/C29H30N2O4/c1-17(32)15-23-9-10-24-16-25(11-12-26(23)24)33-14-13-27-19(3)34-29(30-27)22-7-5-21(6-8-22)28-18(2)31-35-20(28)4/h5-8,11-12,16,23H,9-10,13-15H2,1-4H3/t23-/m0/s1. The van der Waals surface area contributed by atoms with Gasteiger partial charge in [0.1, 0.15) is 23.1 Å². The molecular formula is C29H30N2O4. The monoisotopic (exact) mass is 470 g/mol. The van der Waals surface area contributed by atoms with Crippen molar-refractivity contribution in [3.63, 3.8) is 0 Å². The molecule has 6 heteroatoms. The molecule has 0 saturated carbocycles. The number of rotatable bonds is 8. The van der Waals surface area contributed by atoms with Gasteiger partial charge in [-0.3, -0.25) is 0 Å². The van der Waals surface area contributed by atoms with E-state index < -0.39 is 0 Å². The summed E-state index contributed by atoms with van der Waals surface area (Å²) < 4.78 is 17.3. The number of nitrogens with zero attached hydrogens (tertiary/aromatic N) is 2. The number of ether oxygens (including phenoxy) is 1. The molecule has 1 atom stereocenters. The average Bonchev–Trinajstić information content (AvgIpc) is 3.51. The Kier molecular flexibility index (Phi) is 6.29. The van der Waals surface area contributed by atoms with Crippen LogP contribution < -0.4 is 4.74 Å². The number of carbonyl (C=O) groups excluding carboxylic acids is 1. The van der Waals surface area contributed by atoms with Gasteiger partial charge in [0.25, 0.3) is 0 Å². The molecular weight excluding hydrogens is 440 g/mol. The van der Waals surface area contributed by atoms with Crippen molar-refractivity contribution in [2.45, 2.75) is 59.3 Å². The van der Waals surface area contributed by atoms with Gasteiger partial charge < -0.3 is 18.5 Å². The summed E-state index contributed by atoms with van der Waals surface area (Å²) in [6.07, 6.45) is 3.34. The Labute approximate surface area is 205 Å². The number of hydrogen-bond acceptors (Lipinski definition) is 6. The second-order valence-electron chi connectivity index (χ2n) is 9.40. The molecule has 0 spiro atoms. The lowest BCUT2D eigenvalue weighted by Gasteiger charge is -2.11. The van der Waals surface area contributed by atoms with Crippen LogP contribution in [0.15, 0.2) is 51.4 Å². The molecule has 1 aliphatic carbocycles. The van der Waals surface area contributed by atoms with Crippen molar-refractivity contribution in [3.05, 3.63) is 76.5 Å². The summed E-state index contributed by atoms with van der Waals surface area (Å²) in [5.41, 5.74) is 7.39.